The Morgan fingerprint density at radius 2 is 1.79 bits per heavy atom. The molecule has 2 aromatic rings. The molecule has 19 heavy (non-hydrogen) atoms. The van der Waals surface area contributed by atoms with Gasteiger partial charge in [0.05, 0.1) is 5.38 Å². The Labute approximate surface area is 120 Å². The highest BCUT2D eigenvalue weighted by Crippen LogP contribution is 2.24. The van der Waals surface area contributed by atoms with Crippen molar-refractivity contribution in [1.29, 1.82) is 0 Å². The predicted molar refractivity (Wildman–Crippen MR) is 84.1 cm³/mol. The molecule has 1 unspecified atom stereocenters. The van der Waals surface area contributed by atoms with E-state index < -0.39 is 0 Å². The first-order valence-electron chi connectivity index (χ1n) is 6.71. The molecule has 0 aliphatic rings. The zero-order chi connectivity index (χ0) is 13.7. The molecule has 1 nitrogen and oxygen atoms in total. The first kappa shape index (κ1) is 14.0. The summed E-state index contributed by atoms with van der Waals surface area (Å²) < 4.78 is 0. The lowest BCUT2D eigenvalue weighted by atomic mass is 10.1. The lowest BCUT2D eigenvalue weighted by Crippen LogP contribution is -2.26. The first-order chi connectivity index (χ1) is 9.20. The molecule has 0 radical (unpaired) electrons. The minimum atomic E-state index is 0.0154. The van der Waals surface area contributed by atoms with Crippen LogP contribution in [0.15, 0.2) is 54.6 Å². The van der Waals surface area contributed by atoms with Gasteiger partial charge in [-0.25, -0.2) is 0 Å². The monoisotopic (exact) mass is 273 g/mol. The Morgan fingerprint density at radius 3 is 2.42 bits per heavy atom. The first-order valence-corrected chi connectivity index (χ1v) is 7.15. The molecule has 2 heteroatoms. The van der Waals surface area contributed by atoms with E-state index in [2.05, 4.69) is 55.1 Å². The van der Waals surface area contributed by atoms with Crippen molar-refractivity contribution in [2.45, 2.75) is 19.2 Å². The van der Waals surface area contributed by atoms with E-state index in [1.165, 1.54) is 16.8 Å². The smallest absolute Gasteiger partial charge is 0.0760 e. The van der Waals surface area contributed by atoms with Gasteiger partial charge in [-0.15, -0.1) is 11.6 Å². The summed E-state index contributed by atoms with van der Waals surface area (Å²) in [5.74, 6) is 0. The molecule has 0 aromatic heterocycles. The van der Waals surface area contributed by atoms with Gasteiger partial charge in [-0.3, -0.25) is 0 Å². The Bertz CT molecular complexity index is 510. The molecule has 2 rings (SSSR count). The van der Waals surface area contributed by atoms with Crippen LogP contribution >= 0.6 is 11.6 Å². The van der Waals surface area contributed by atoms with Crippen molar-refractivity contribution in [2.24, 2.45) is 0 Å². The Morgan fingerprint density at radius 1 is 1.05 bits per heavy atom. The summed E-state index contributed by atoms with van der Waals surface area (Å²) in [5, 5.41) is 0.0154. The van der Waals surface area contributed by atoms with Crippen LogP contribution in [-0.2, 0) is 0 Å². The van der Waals surface area contributed by atoms with Gasteiger partial charge in [0.1, 0.15) is 0 Å². The average molecular weight is 274 g/mol. The summed E-state index contributed by atoms with van der Waals surface area (Å²) in [6.45, 7) is 6.06. The molecule has 0 bridgehead atoms. The molecule has 0 fully saturated rings. The minimum Gasteiger partial charge on any atom is -0.370 e. The van der Waals surface area contributed by atoms with Crippen LogP contribution in [0.2, 0.25) is 0 Å². The topological polar surface area (TPSA) is 3.24 Å². The van der Waals surface area contributed by atoms with Gasteiger partial charge >= 0.3 is 0 Å². The van der Waals surface area contributed by atoms with Gasteiger partial charge in [0.2, 0.25) is 0 Å². The van der Waals surface area contributed by atoms with Crippen LogP contribution in [-0.4, -0.2) is 13.1 Å². The zero-order valence-electron chi connectivity index (χ0n) is 11.5. The van der Waals surface area contributed by atoms with E-state index in [9.17, 15) is 0 Å². The van der Waals surface area contributed by atoms with Gasteiger partial charge in [-0.2, -0.15) is 0 Å². The van der Waals surface area contributed by atoms with Crippen molar-refractivity contribution in [3.8, 4) is 0 Å². The second-order valence-electron chi connectivity index (χ2n) is 4.76. The van der Waals surface area contributed by atoms with Crippen LogP contribution in [0.4, 0.5) is 5.69 Å². The third-order valence-corrected chi connectivity index (χ3v) is 3.68. The fraction of sp³-hybridized carbons (Fsp3) is 0.294. The summed E-state index contributed by atoms with van der Waals surface area (Å²) in [6, 6.07) is 18.8. The molecule has 0 N–H and O–H groups in total. The number of alkyl halides is 1. The summed E-state index contributed by atoms with van der Waals surface area (Å²) >= 11 is 6.53. The van der Waals surface area contributed by atoms with Crippen LogP contribution in [0.3, 0.4) is 0 Å². The standard InChI is InChI=1S/C17H20ClN/c1-3-19(16-11-7-8-14(2)12-16)13-17(18)15-9-5-4-6-10-15/h4-12,17H,3,13H2,1-2H3. The molecule has 0 saturated carbocycles. The summed E-state index contributed by atoms with van der Waals surface area (Å²) in [7, 11) is 0. The van der Waals surface area contributed by atoms with E-state index in [1.54, 1.807) is 0 Å². The molecule has 0 aliphatic carbocycles. The van der Waals surface area contributed by atoms with Gasteiger partial charge in [-0.1, -0.05) is 42.5 Å². The van der Waals surface area contributed by atoms with Gasteiger partial charge in [0.15, 0.2) is 0 Å². The molecule has 0 spiro atoms. The van der Waals surface area contributed by atoms with E-state index in [4.69, 9.17) is 11.6 Å². The van der Waals surface area contributed by atoms with Crippen LogP contribution in [0.5, 0.6) is 0 Å². The number of rotatable bonds is 5. The number of hydrogen-bond acceptors (Lipinski definition) is 1. The van der Waals surface area contributed by atoms with Crippen molar-refractivity contribution < 1.29 is 0 Å². The van der Waals surface area contributed by atoms with Gasteiger partial charge in [0, 0.05) is 18.8 Å². The quantitative estimate of drug-likeness (QED) is 0.707. The van der Waals surface area contributed by atoms with E-state index in [0.29, 0.717) is 0 Å². The van der Waals surface area contributed by atoms with Crippen molar-refractivity contribution in [1.82, 2.24) is 0 Å². The van der Waals surface area contributed by atoms with E-state index in [1.807, 2.05) is 18.2 Å². The van der Waals surface area contributed by atoms with E-state index in [0.717, 1.165) is 13.1 Å². The number of anilines is 1. The fourth-order valence-corrected chi connectivity index (χ4v) is 2.51. The highest BCUT2D eigenvalue weighted by Gasteiger charge is 2.13. The number of nitrogens with zero attached hydrogens (tertiary/aromatic N) is 1. The molecule has 0 heterocycles. The molecule has 0 aliphatic heterocycles. The van der Waals surface area contributed by atoms with Crippen molar-refractivity contribution >= 4 is 17.3 Å². The van der Waals surface area contributed by atoms with Crippen LogP contribution in [0, 0.1) is 6.92 Å². The molecular formula is C17H20ClN. The third kappa shape index (κ3) is 3.74. The van der Waals surface area contributed by atoms with Crippen molar-refractivity contribution in [2.75, 3.05) is 18.0 Å². The number of benzene rings is 2. The van der Waals surface area contributed by atoms with E-state index in [-0.39, 0.29) is 5.38 Å². The van der Waals surface area contributed by atoms with Crippen LogP contribution in [0.1, 0.15) is 23.4 Å². The number of halogens is 1. The molecule has 2 aromatic carbocycles. The lowest BCUT2D eigenvalue weighted by molar-refractivity contribution is 0.790. The fourth-order valence-electron chi connectivity index (χ4n) is 2.20. The molecule has 0 amide bonds. The van der Waals surface area contributed by atoms with Crippen LogP contribution in [0.25, 0.3) is 0 Å². The summed E-state index contributed by atoms with van der Waals surface area (Å²) in [5.41, 5.74) is 3.70. The highest BCUT2D eigenvalue weighted by atomic mass is 35.5. The maximum atomic E-state index is 6.53. The number of likely N-dealkylation sites (N-methyl/N-ethyl adjacent to an activating group) is 1. The number of hydrogen-bond donors (Lipinski definition) is 0. The second-order valence-corrected chi connectivity index (χ2v) is 5.28. The Hall–Kier alpha value is -1.47. The second kappa shape index (κ2) is 6.63. The largest absolute Gasteiger partial charge is 0.370 e. The third-order valence-electron chi connectivity index (χ3n) is 3.29. The van der Waals surface area contributed by atoms with Crippen LogP contribution < -0.4 is 4.90 Å². The Kier molecular flexibility index (Phi) is 4.86. The van der Waals surface area contributed by atoms with E-state index >= 15 is 0 Å². The minimum absolute atomic E-state index is 0.0154. The molecule has 100 valence electrons. The average Bonchev–Trinajstić information content (AvgIpc) is 2.45. The maximum absolute atomic E-state index is 6.53. The van der Waals surface area contributed by atoms with Crippen molar-refractivity contribution in [3.05, 3.63) is 65.7 Å². The lowest BCUT2D eigenvalue weighted by Gasteiger charge is -2.26. The Balaban J connectivity index is 2.11. The van der Waals surface area contributed by atoms with Gasteiger partial charge in [0.25, 0.3) is 0 Å². The molecule has 0 saturated heterocycles. The summed E-state index contributed by atoms with van der Waals surface area (Å²) in [6.07, 6.45) is 0. The molecular weight excluding hydrogens is 254 g/mol. The highest BCUT2D eigenvalue weighted by molar-refractivity contribution is 6.21. The number of aryl methyl sites for hydroxylation is 1. The maximum Gasteiger partial charge on any atom is 0.0760 e. The summed E-state index contributed by atoms with van der Waals surface area (Å²) in [4.78, 5) is 2.32. The van der Waals surface area contributed by atoms with Gasteiger partial charge in [-0.05, 0) is 37.1 Å². The van der Waals surface area contributed by atoms with Gasteiger partial charge < -0.3 is 4.90 Å². The predicted octanol–water partition coefficient (Wildman–Crippen LogP) is 4.80. The van der Waals surface area contributed by atoms with Crippen molar-refractivity contribution in [3.63, 3.8) is 0 Å². The molecule has 1 atom stereocenters. The zero-order valence-corrected chi connectivity index (χ0v) is 12.3. The SMILES string of the molecule is CCN(CC(Cl)c1ccccc1)c1cccc(C)c1. The normalized spacial score (nSPS) is 12.2.